The average Bonchev–Trinajstić information content (AvgIpc) is 3.31. The summed E-state index contributed by atoms with van der Waals surface area (Å²) >= 11 is 0. The van der Waals surface area contributed by atoms with E-state index in [0.29, 0.717) is 16.8 Å². The number of hydrogen-bond acceptors (Lipinski definition) is 6. The van der Waals surface area contributed by atoms with Gasteiger partial charge in [0, 0.05) is 23.5 Å². The van der Waals surface area contributed by atoms with Crippen LogP contribution in [0.2, 0.25) is 0 Å². The second kappa shape index (κ2) is 11.2. The van der Waals surface area contributed by atoms with Crippen LogP contribution in [0.1, 0.15) is 44.4 Å². The highest BCUT2D eigenvalue weighted by Gasteiger charge is 2.34. The molecular formula is C28H32N6O3. The molecule has 2 heterocycles. The van der Waals surface area contributed by atoms with E-state index in [1.807, 2.05) is 69.3 Å². The molecule has 0 aliphatic carbocycles. The quantitative estimate of drug-likeness (QED) is 0.354. The molecule has 0 bridgehead atoms. The van der Waals surface area contributed by atoms with Crippen molar-refractivity contribution < 1.29 is 14.3 Å². The van der Waals surface area contributed by atoms with Gasteiger partial charge < -0.3 is 15.0 Å². The van der Waals surface area contributed by atoms with Crippen molar-refractivity contribution >= 4 is 22.8 Å². The van der Waals surface area contributed by atoms with Crippen LogP contribution in [0.25, 0.3) is 11.0 Å². The summed E-state index contributed by atoms with van der Waals surface area (Å²) in [5.41, 5.74) is 2.42. The van der Waals surface area contributed by atoms with Gasteiger partial charge in [-0.2, -0.15) is 0 Å². The Kier molecular flexibility index (Phi) is 7.81. The van der Waals surface area contributed by atoms with Gasteiger partial charge in [0.05, 0.1) is 19.2 Å². The Labute approximate surface area is 216 Å². The van der Waals surface area contributed by atoms with Crippen LogP contribution in [-0.4, -0.2) is 49.3 Å². The Hall–Kier alpha value is -4.27. The summed E-state index contributed by atoms with van der Waals surface area (Å²) in [4.78, 5) is 33.5. The molecule has 0 radical (unpaired) electrons. The maximum atomic E-state index is 14.0. The zero-order valence-electron chi connectivity index (χ0n) is 21.6. The number of methoxy groups -OCH3 is 1. The van der Waals surface area contributed by atoms with Gasteiger partial charge in [-0.1, -0.05) is 42.5 Å². The molecule has 0 aliphatic heterocycles. The number of ether oxygens (including phenoxy) is 1. The molecule has 0 aliphatic rings. The molecule has 0 unspecified atom stereocenters. The fourth-order valence-corrected chi connectivity index (χ4v) is 4.10. The number of nitrogens with zero attached hydrogens (tertiary/aromatic N) is 5. The fourth-order valence-electron chi connectivity index (χ4n) is 4.10. The Morgan fingerprint density at radius 1 is 1.05 bits per heavy atom. The topological polar surface area (TPSA) is 102 Å². The Bertz CT molecular complexity index is 1370. The molecule has 37 heavy (non-hydrogen) atoms. The number of pyridine rings is 1. The molecule has 4 aromatic rings. The Balaban J connectivity index is 1.78. The van der Waals surface area contributed by atoms with Crippen molar-refractivity contribution in [1.82, 2.24) is 30.2 Å². The predicted octanol–water partition coefficient (Wildman–Crippen LogP) is 3.91. The van der Waals surface area contributed by atoms with Gasteiger partial charge in [0.2, 0.25) is 11.8 Å². The van der Waals surface area contributed by atoms with Gasteiger partial charge in [0.15, 0.2) is 0 Å². The van der Waals surface area contributed by atoms with Crippen LogP contribution in [0.15, 0.2) is 73.1 Å². The van der Waals surface area contributed by atoms with Crippen molar-refractivity contribution in [3.63, 3.8) is 0 Å². The molecule has 0 fully saturated rings. The van der Waals surface area contributed by atoms with Gasteiger partial charge >= 0.3 is 0 Å². The van der Waals surface area contributed by atoms with Gasteiger partial charge in [-0.05, 0) is 56.2 Å². The standard InChI is InChI=1S/C28H32N6O3/c1-5-28(2,3)30-27(36)26(20-14-16-29-17-15-20)33(18-21-10-6-9-13-24(21)37-4)25(35)19-34-23-12-8-7-11-22(23)31-32-34/h6-17,26H,5,18-19H2,1-4H3,(H,30,36)/t26-/m1/s1. The second-order valence-electron chi connectivity index (χ2n) is 9.48. The number of amides is 2. The van der Waals surface area contributed by atoms with Gasteiger partial charge in [-0.25, -0.2) is 4.68 Å². The number of carbonyl (C=O) groups excluding carboxylic acids is 2. The van der Waals surface area contributed by atoms with E-state index in [1.165, 1.54) is 0 Å². The summed E-state index contributed by atoms with van der Waals surface area (Å²) < 4.78 is 7.12. The fraction of sp³-hybridized carbons (Fsp3) is 0.321. The first kappa shape index (κ1) is 25.8. The van der Waals surface area contributed by atoms with Gasteiger partial charge in [0.25, 0.3) is 0 Å². The monoisotopic (exact) mass is 500 g/mol. The van der Waals surface area contributed by atoms with E-state index in [4.69, 9.17) is 4.74 Å². The molecule has 0 saturated carbocycles. The molecule has 2 aromatic carbocycles. The summed E-state index contributed by atoms with van der Waals surface area (Å²) in [5, 5.41) is 11.5. The first-order valence-corrected chi connectivity index (χ1v) is 12.2. The smallest absolute Gasteiger partial charge is 0.247 e. The lowest BCUT2D eigenvalue weighted by Crippen LogP contribution is -2.50. The lowest BCUT2D eigenvalue weighted by Gasteiger charge is -2.35. The molecule has 9 nitrogen and oxygen atoms in total. The van der Waals surface area contributed by atoms with Crippen LogP contribution >= 0.6 is 0 Å². The third-order valence-electron chi connectivity index (χ3n) is 6.49. The second-order valence-corrected chi connectivity index (χ2v) is 9.48. The molecule has 9 heteroatoms. The van der Waals surface area contributed by atoms with E-state index in [1.54, 1.807) is 41.2 Å². The lowest BCUT2D eigenvalue weighted by molar-refractivity contribution is -0.143. The summed E-state index contributed by atoms with van der Waals surface area (Å²) in [6.07, 6.45) is 3.97. The number of para-hydroxylation sites is 2. The summed E-state index contributed by atoms with van der Waals surface area (Å²) in [6, 6.07) is 17.6. The predicted molar refractivity (Wildman–Crippen MR) is 141 cm³/mol. The van der Waals surface area contributed by atoms with Crippen LogP contribution in [-0.2, 0) is 22.7 Å². The molecule has 2 amide bonds. The first-order chi connectivity index (χ1) is 17.8. The maximum Gasteiger partial charge on any atom is 0.247 e. The van der Waals surface area contributed by atoms with Gasteiger partial charge in [0.1, 0.15) is 23.9 Å². The van der Waals surface area contributed by atoms with E-state index < -0.39 is 11.6 Å². The number of nitrogens with one attached hydrogen (secondary N) is 1. The van der Waals surface area contributed by atoms with Crippen molar-refractivity contribution in [3.8, 4) is 5.75 Å². The summed E-state index contributed by atoms with van der Waals surface area (Å²) in [7, 11) is 1.59. The molecular weight excluding hydrogens is 468 g/mol. The molecule has 0 saturated heterocycles. The van der Waals surface area contributed by atoms with Gasteiger partial charge in [-0.3, -0.25) is 14.6 Å². The minimum absolute atomic E-state index is 0.0817. The van der Waals surface area contributed by atoms with Crippen molar-refractivity contribution in [2.75, 3.05) is 7.11 Å². The molecule has 4 rings (SSSR count). The van der Waals surface area contributed by atoms with E-state index in [0.717, 1.165) is 17.5 Å². The van der Waals surface area contributed by atoms with Crippen molar-refractivity contribution in [1.29, 1.82) is 0 Å². The number of rotatable bonds is 10. The number of aromatic nitrogens is 4. The van der Waals surface area contributed by atoms with E-state index >= 15 is 0 Å². The maximum absolute atomic E-state index is 14.0. The zero-order valence-corrected chi connectivity index (χ0v) is 21.6. The third kappa shape index (κ3) is 5.94. The highest BCUT2D eigenvalue weighted by Crippen LogP contribution is 2.28. The average molecular weight is 501 g/mol. The van der Waals surface area contributed by atoms with Crippen LogP contribution in [0.3, 0.4) is 0 Å². The number of carbonyl (C=O) groups is 2. The number of fused-ring (bicyclic) bond motifs is 1. The minimum Gasteiger partial charge on any atom is -0.496 e. The largest absolute Gasteiger partial charge is 0.496 e. The van der Waals surface area contributed by atoms with Crippen molar-refractivity contribution in [2.45, 2.75) is 51.9 Å². The number of hydrogen-bond donors (Lipinski definition) is 1. The molecule has 192 valence electrons. The SMILES string of the molecule is CCC(C)(C)NC(=O)[C@@H](c1ccncc1)N(Cc1ccccc1OC)C(=O)Cn1nnc2ccccc21. The summed E-state index contributed by atoms with van der Waals surface area (Å²) in [5.74, 6) is 0.0758. The van der Waals surface area contributed by atoms with Crippen molar-refractivity contribution in [2.24, 2.45) is 0 Å². The summed E-state index contributed by atoms with van der Waals surface area (Å²) in [6.45, 7) is 6.00. The van der Waals surface area contributed by atoms with E-state index in [9.17, 15) is 9.59 Å². The normalized spacial score (nSPS) is 12.2. The molecule has 1 atom stereocenters. The Morgan fingerprint density at radius 3 is 2.49 bits per heavy atom. The van der Waals surface area contributed by atoms with Gasteiger partial charge in [-0.15, -0.1) is 5.10 Å². The lowest BCUT2D eigenvalue weighted by atomic mass is 9.98. The van der Waals surface area contributed by atoms with Crippen LogP contribution in [0.5, 0.6) is 5.75 Å². The molecule has 2 aromatic heterocycles. The molecule has 0 spiro atoms. The highest BCUT2D eigenvalue weighted by atomic mass is 16.5. The first-order valence-electron chi connectivity index (χ1n) is 12.2. The van der Waals surface area contributed by atoms with Crippen molar-refractivity contribution in [3.05, 3.63) is 84.2 Å². The van der Waals surface area contributed by atoms with Crippen LogP contribution in [0, 0.1) is 0 Å². The minimum atomic E-state index is -0.902. The van der Waals surface area contributed by atoms with Crippen LogP contribution < -0.4 is 10.1 Å². The number of benzene rings is 2. The third-order valence-corrected chi connectivity index (χ3v) is 6.49. The highest BCUT2D eigenvalue weighted by molar-refractivity contribution is 5.89. The van der Waals surface area contributed by atoms with E-state index in [-0.39, 0.29) is 24.9 Å². The molecule has 1 N–H and O–H groups in total. The van der Waals surface area contributed by atoms with E-state index in [2.05, 4.69) is 20.6 Å². The Morgan fingerprint density at radius 2 is 1.76 bits per heavy atom. The van der Waals surface area contributed by atoms with Crippen LogP contribution in [0.4, 0.5) is 0 Å². The zero-order chi connectivity index (χ0) is 26.4.